The van der Waals surface area contributed by atoms with Crippen LogP contribution in [0.5, 0.6) is 0 Å². The molecule has 0 aromatic rings. The fourth-order valence-corrected chi connectivity index (χ4v) is 2.16. The fourth-order valence-electron chi connectivity index (χ4n) is 1.47. The monoisotopic (exact) mass is 604 g/mol. The van der Waals surface area contributed by atoms with Crippen LogP contribution in [-0.4, -0.2) is 57.8 Å². The molecule has 1 atom stereocenters. The van der Waals surface area contributed by atoms with Crippen LogP contribution in [0.3, 0.4) is 0 Å². The maximum absolute atomic E-state index is 13.3. The molecule has 0 radical (unpaired) electrons. The van der Waals surface area contributed by atoms with Gasteiger partial charge in [-0.15, -0.1) is 0 Å². The van der Waals surface area contributed by atoms with Crippen LogP contribution in [0.2, 0.25) is 0 Å². The van der Waals surface area contributed by atoms with Crippen LogP contribution in [0, 0.1) is 0 Å². The molecule has 1 unspecified atom stereocenters. The summed E-state index contributed by atoms with van der Waals surface area (Å²) in [5.41, 5.74) is 0. The van der Waals surface area contributed by atoms with Gasteiger partial charge in [0.2, 0.25) is 0 Å². The van der Waals surface area contributed by atoms with E-state index in [9.17, 15) is 74.6 Å². The molecule has 0 aliphatic carbocycles. The predicted octanol–water partition coefficient (Wildman–Crippen LogP) is 7.15. The van der Waals surface area contributed by atoms with Crippen LogP contribution in [0.15, 0.2) is 0 Å². The van der Waals surface area contributed by atoms with E-state index in [4.69, 9.17) is 0 Å². The summed E-state index contributed by atoms with van der Waals surface area (Å²) < 4.78 is 219. The Labute approximate surface area is 165 Å². The molecule has 29 heavy (non-hydrogen) atoms. The zero-order valence-electron chi connectivity index (χ0n) is 12.5. The number of hydrogen-bond donors (Lipinski definition) is 0. The lowest BCUT2D eigenvalue weighted by Crippen LogP contribution is -2.75. The summed E-state index contributed by atoms with van der Waals surface area (Å²) in [6.07, 6.45) is -7.76. The van der Waals surface area contributed by atoms with Crippen LogP contribution in [0.1, 0.15) is 0 Å². The second kappa shape index (κ2) is 7.43. The van der Waals surface area contributed by atoms with Crippen molar-refractivity contribution in [1.82, 2.24) is 0 Å². The lowest BCUT2D eigenvalue weighted by atomic mass is 9.88. The topological polar surface area (TPSA) is 0 Å². The summed E-state index contributed by atoms with van der Waals surface area (Å²) in [5, 5.41) is -1.45. The average Bonchev–Trinajstić information content (AvgIpc) is 2.51. The van der Waals surface area contributed by atoms with Gasteiger partial charge in [0.25, 0.3) is 0 Å². The summed E-state index contributed by atoms with van der Waals surface area (Å²) in [4.78, 5) is -3.24. The maximum atomic E-state index is 13.3. The fraction of sp³-hybridized carbons (Fsp3) is 1.00. The second-order valence-electron chi connectivity index (χ2n) is 5.19. The molecule has 0 spiro atoms. The highest BCUT2D eigenvalue weighted by Crippen LogP contribution is 2.64. The lowest BCUT2D eigenvalue weighted by molar-refractivity contribution is -0.461. The minimum atomic E-state index is -8.60. The third-order valence-electron chi connectivity index (χ3n) is 3.28. The molecule has 19 heteroatoms. The number of halogens is 19. The van der Waals surface area contributed by atoms with Gasteiger partial charge < -0.3 is 0 Å². The minimum Gasteiger partial charge on any atom is -0.198 e. The molecule has 0 saturated carbocycles. The molecule has 0 N–H and O–H groups in total. The highest BCUT2D eigenvalue weighted by Gasteiger charge is 2.95. The number of alkyl halides is 19. The maximum Gasteiger partial charge on any atom is 0.460 e. The largest absolute Gasteiger partial charge is 0.460 e. The third-order valence-corrected chi connectivity index (χ3v) is 5.69. The molecule has 0 bridgehead atoms. The van der Waals surface area contributed by atoms with Crippen molar-refractivity contribution in [3.8, 4) is 0 Å². The first-order valence-electron chi connectivity index (χ1n) is 6.15. The Bertz CT molecular complexity index is 592. The standard InChI is InChI=1S/C10H3Br2F17/c11-1-2(12)3(13,14)4(15,16)5(17,18)6(19,20)7(21,22)8(23,24)9(25,26)10(27,28)29/h2H,1H2. The summed E-state index contributed by atoms with van der Waals surface area (Å²) in [6, 6.07) is 0. The van der Waals surface area contributed by atoms with Crippen molar-refractivity contribution in [2.24, 2.45) is 0 Å². The molecule has 0 aliphatic rings. The van der Waals surface area contributed by atoms with Gasteiger partial charge in [-0.25, -0.2) is 0 Å². The molecule has 0 aliphatic heterocycles. The van der Waals surface area contributed by atoms with Gasteiger partial charge in [0.15, 0.2) is 0 Å². The zero-order valence-corrected chi connectivity index (χ0v) is 15.6. The van der Waals surface area contributed by atoms with Gasteiger partial charge in [-0.1, -0.05) is 31.9 Å². The average molecular weight is 606 g/mol. The molecule has 0 amide bonds. The van der Waals surface area contributed by atoms with Gasteiger partial charge >= 0.3 is 47.6 Å². The Kier molecular flexibility index (Phi) is 7.37. The number of rotatable bonds is 8. The quantitative estimate of drug-likeness (QED) is 0.204. The summed E-state index contributed by atoms with van der Waals surface area (Å²) in [7, 11) is 0. The van der Waals surface area contributed by atoms with Crippen molar-refractivity contribution < 1.29 is 74.6 Å². The van der Waals surface area contributed by atoms with Gasteiger partial charge in [-0.3, -0.25) is 0 Å². The van der Waals surface area contributed by atoms with Crippen LogP contribution in [0.4, 0.5) is 74.6 Å². The molecule has 0 fully saturated rings. The van der Waals surface area contributed by atoms with E-state index < -0.39 is 57.8 Å². The van der Waals surface area contributed by atoms with Crippen molar-refractivity contribution in [2.45, 2.75) is 52.5 Å². The first kappa shape index (κ1) is 28.8. The molecule has 0 aromatic carbocycles. The molecule has 0 heterocycles. The molecule has 0 nitrogen and oxygen atoms in total. The van der Waals surface area contributed by atoms with E-state index >= 15 is 0 Å². The van der Waals surface area contributed by atoms with E-state index in [1.165, 1.54) is 0 Å². The SMILES string of the molecule is FC(F)(F)C(F)(F)C(F)(F)C(F)(F)C(F)(F)C(F)(F)C(F)(F)C(F)(F)C(Br)CBr. The predicted molar refractivity (Wildman–Crippen MR) is 67.2 cm³/mol. The Morgan fingerprint density at radius 3 is 0.931 bits per heavy atom. The highest BCUT2D eigenvalue weighted by molar-refractivity contribution is 9.12. The molecule has 176 valence electrons. The van der Waals surface area contributed by atoms with Gasteiger partial charge in [-0.2, -0.15) is 74.6 Å². The van der Waals surface area contributed by atoms with Crippen molar-refractivity contribution in [2.75, 3.05) is 5.33 Å². The van der Waals surface area contributed by atoms with Gasteiger partial charge in [0, 0.05) is 5.33 Å². The van der Waals surface area contributed by atoms with Crippen molar-refractivity contribution in [3.63, 3.8) is 0 Å². The molecule has 0 rings (SSSR count). The van der Waals surface area contributed by atoms with Crippen LogP contribution in [0.25, 0.3) is 0 Å². The molecule has 0 aromatic heterocycles. The van der Waals surface area contributed by atoms with E-state index in [0.717, 1.165) is 0 Å². The minimum absolute atomic E-state index is 1.45. The van der Waals surface area contributed by atoms with Gasteiger partial charge in [0.05, 0.1) is 4.83 Å². The second-order valence-corrected chi connectivity index (χ2v) is 6.94. The Balaban J connectivity index is 6.73. The van der Waals surface area contributed by atoms with E-state index in [0.29, 0.717) is 0 Å². The molecular formula is C10H3Br2F17. The Morgan fingerprint density at radius 2 is 0.690 bits per heavy atom. The first-order chi connectivity index (χ1) is 12.2. The van der Waals surface area contributed by atoms with Crippen molar-refractivity contribution >= 4 is 31.9 Å². The van der Waals surface area contributed by atoms with E-state index in [2.05, 4.69) is 0 Å². The number of hydrogen-bond acceptors (Lipinski definition) is 0. The van der Waals surface area contributed by atoms with Crippen LogP contribution >= 0.6 is 31.9 Å². The smallest absolute Gasteiger partial charge is 0.198 e. The lowest BCUT2D eigenvalue weighted by Gasteiger charge is -2.43. The van der Waals surface area contributed by atoms with Crippen molar-refractivity contribution in [1.29, 1.82) is 0 Å². The van der Waals surface area contributed by atoms with Crippen LogP contribution < -0.4 is 0 Å². The summed E-state index contributed by atoms with van der Waals surface area (Å²) in [6.45, 7) is 0. The summed E-state index contributed by atoms with van der Waals surface area (Å²) in [5.74, 6) is -56.1. The van der Waals surface area contributed by atoms with Gasteiger partial charge in [0.1, 0.15) is 0 Å². The van der Waals surface area contributed by atoms with Crippen LogP contribution in [-0.2, 0) is 0 Å². The van der Waals surface area contributed by atoms with Crippen molar-refractivity contribution in [3.05, 3.63) is 0 Å². The van der Waals surface area contributed by atoms with E-state index in [1.54, 1.807) is 15.9 Å². The van der Waals surface area contributed by atoms with E-state index in [-0.39, 0.29) is 0 Å². The third kappa shape index (κ3) is 3.68. The molecule has 0 saturated heterocycles. The normalized spacial score (nSPS) is 17.5. The Hall–Kier alpha value is -0.230. The zero-order chi connectivity index (χ0) is 24.3. The first-order valence-corrected chi connectivity index (χ1v) is 8.18. The van der Waals surface area contributed by atoms with Gasteiger partial charge in [-0.05, 0) is 0 Å². The highest BCUT2D eigenvalue weighted by atomic mass is 79.9. The molecular weight excluding hydrogens is 603 g/mol. The summed E-state index contributed by atoms with van der Waals surface area (Å²) >= 11 is 3.58. The Morgan fingerprint density at radius 1 is 0.448 bits per heavy atom. The van der Waals surface area contributed by atoms with E-state index in [1.807, 2.05) is 15.9 Å².